The molecule has 0 aliphatic carbocycles. The van der Waals surface area contributed by atoms with E-state index in [1.54, 1.807) is 29.4 Å². The summed E-state index contributed by atoms with van der Waals surface area (Å²) in [5.41, 5.74) is 3.34. The summed E-state index contributed by atoms with van der Waals surface area (Å²) < 4.78 is 0. The number of carbonyl (C=O) groups excluding carboxylic acids is 2. The number of aryl methyl sites for hydroxylation is 1. The maximum Gasteiger partial charge on any atom is 0.259 e. The predicted molar refractivity (Wildman–Crippen MR) is 98.8 cm³/mol. The van der Waals surface area contributed by atoms with Crippen LogP contribution in [0, 0.1) is 0 Å². The van der Waals surface area contributed by atoms with E-state index in [4.69, 9.17) is 0 Å². The van der Waals surface area contributed by atoms with Gasteiger partial charge in [-0.05, 0) is 49.1 Å². The summed E-state index contributed by atoms with van der Waals surface area (Å²) in [5.74, 6) is -0.0359. The van der Waals surface area contributed by atoms with Gasteiger partial charge >= 0.3 is 0 Å². The van der Waals surface area contributed by atoms with Crippen LogP contribution in [0.5, 0.6) is 0 Å². The lowest BCUT2D eigenvalue weighted by Crippen LogP contribution is -2.35. The number of nitrogens with one attached hydrogen (secondary N) is 1. The van der Waals surface area contributed by atoms with Gasteiger partial charge in [-0.15, -0.1) is 0 Å². The normalized spacial score (nSPS) is 13.2. The van der Waals surface area contributed by atoms with Crippen LogP contribution >= 0.6 is 0 Å². The number of anilines is 2. The highest BCUT2D eigenvalue weighted by Gasteiger charge is 2.24. The van der Waals surface area contributed by atoms with Crippen LogP contribution in [0.4, 0.5) is 11.4 Å². The second-order valence-electron chi connectivity index (χ2n) is 6.30. The van der Waals surface area contributed by atoms with Crippen molar-refractivity contribution in [1.29, 1.82) is 0 Å². The van der Waals surface area contributed by atoms with Crippen LogP contribution in [0.3, 0.4) is 0 Å². The van der Waals surface area contributed by atoms with Gasteiger partial charge in [0.2, 0.25) is 5.91 Å². The van der Waals surface area contributed by atoms with E-state index in [0.29, 0.717) is 18.5 Å². The molecule has 0 fully saturated rings. The molecular weight excluding hydrogens is 314 g/mol. The summed E-state index contributed by atoms with van der Waals surface area (Å²) in [6.07, 6.45) is 7.51. The fraction of sp³-hybridized carbons (Fsp3) is 0.350. The Morgan fingerprint density at radius 2 is 2.16 bits per heavy atom. The molecule has 2 heterocycles. The lowest BCUT2D eigenvalue weighted by molar-refractivity contribution is -0.116. The smallest absolute Gasteiger partial charge is 0.259 e. The standard InChI is InChI=1S/C20H23N3O2/c1-2-3-8-19(24)22-17-10-9-15-7-5-12-23(18(15)13-17)20(25)16-6-4-11-21-14-16/h4,6,9-11,13-14H,2-3,5,7-8,12H2,1H3,(H,22,24). The maximum atomic E-state index is 12.8. The second kappa shape index (κ2) is 7.92. The molecule has 1 aromatic carbocycles. The van der Waals surface area contributed by atoms with E-state index in [1.165, 1.54) is 0 Å². The van der Waals surface area contributed by atoms with Crippen molar-refractivity contribution in [2.45, 2.75) is 39.0 Å². The van der Waals surface area contributed by atoms with Crippen molar-refractivity contribution >= 4 is 23.2 Å². The highest BCUT2D eigenvalue weighted by Crippen LogP contribution is 2.31. The first kappa shape index (κ1) is 17.1. The van der Waals surface area contributed by atoms with Gasteiger partial charge < -0.3 is 10.2 Å². The number of amides is 2. The molecular formula is C20H23N3O2. The molecule has 5 heteroatoms. The van der Waals surface area contributed by atoms with E-state index < -0.39 is 0 Å². The van der Waals surface area contributed by atoms with Crippen LogP contribution in [0.1, 0.15) is 48.5 Å². The second-order valence-corrected chi connectivity index (χ2v) is 6.30. The number of pyridine rings is 1. The number of benzene rings is 1. The Kier molecular flexibility index (Phi) is 5.43. The molecule has 0 saturated heterocycles. The van der Waals surface area contributed by atoms with E-state index in [9.17, 15) is 9.59 Å². The summed E-state index contributed by atoms with van der Waals surface area (Å²) >= 11 is 0. The molecule has 5 nitrogen and oxygen atoms in total. The molecule has 3 rings (SSSR count). The van der Waals surface area contributed by atoms with E-state index >= 15 is 0 Å². The van der Waals surface area contributed by atoms with Crippen LogP contribution in [0.25, 0.3) is 0 Å². The van der Waals surface area contributed by atoms with Gasteiger partial charge in [0.05, 0.1) is 5.56 Å². The first-order valence-corrected chi connectivity index (χ1v) is 8.83. The van der Waals surface area contributed by atoms with E-state index in [-0.39, 0.29) is 11.8 Å². The zero-order valence-corrected chi connectivity index (χ0v) is 14.5. The van der Waals surface area contributed by atoms with Crippen molar-refractivity contribution in [2.75, 3.05) is 16.8 Å². The molecule has 130 valence electrons. The number of aromatic nitrogens is 1. The summed E-state index contributed by atoms with van der Waals surface area (Å²) in [6.45, 7) is 2.74. The first-order valence-electron chi connectivity index (χ1n) is 8.83. The highest BCUT2D eigenvalue weighted by atomic mass is 16.2. The molecule has 0 bridgehead atoms. The Hall–Kier alpha value is -2.69. The topological polar surface area (TPSA) is 62.3 Å². The van der Waals surface area contributed by atoms with Gasteiger partial charge in [-0.3, -0.25) is 14.6 Å². The third-order valence-electron chi connectivity index (χ3n) is 4.40. The van der Waals surface area contributed by atoms with Crippen molar-refractivity contribution in [3.63, 3.8) is 0 Å². The lowest BCUT2D eigenvalue weighted by Gasteiger charge is -2.30. The molecule has 1 aromatic heterocycles. The Balaban J connectivity index is 1.83. The molecule has 0 unspecified atom stereocenters. The molecule has 0 spiro atoms. The SMILES string of the molecule is CCCCC(=O)Nc1ccc2c(c1)N(C(=O)c1cccnc1)CCC2. The minimum Gasteiger partial charge on any atom is -0.326 e. The fourth-order valence-electron chi connectivity index (χ4n) is 3.07. The summed E-state index contributed by atoms with van der Waals surface area (Å²) in [7, 11) is 0. The molecule has 2 amide bonds. The molecule has 25 heavy (non-hydrogen) atoms. The highest BCUT2D eigenvalue weighted by molar-refractivity contribution is 6.07. The van der Waals surface area contributed by atoms with Crippen molar-refractivity contribution < 1.29 is 9.59 Å². The van der Waals surface area contributed by atoms with Crippen molar-refractivity contribution in [2.24, 2.45) is 0 Å². The van der Waals surface area contributed by atoms with E-state index in [2.05, 4.69) is 17.2 Å². The van der Waals surface area contributed by atoms with Crippen LogP contribution < -0.4 is 10.2 Å². The lowest BCUT2D eigenvalue weighted by atomic mass is 10.00. The molecule has 2 aromatic rings. The number of hydrogen-bond donors (Lipinski definition) is 1. The average molecular weight is 337 g/mol. The van der Waals surface area contributed by atoms with Gasteiger partial charge in [0, 0.05) is 36.7 Å². The Labute approximate surface area is 148 Å². The minimum absolute atomic E-state index is 0.0164. The molecule has 1 aliphatic rings. The molecule has 1 aliphatic heterocycles. The molecule has 0 radical (unpaired) electrons. The van der Waals surface area contributed by atoms with Crippen LogP contribution in [0.2, 0.25) is 0 Å². The fourth-order valence-corrected chi connectivity index (χ4v) is 3.07. The van der Waals surface area contributed by atoms with E-state index in [0.717, 1.165) is 42.6 Å². The van der Waals surface area contributed by atoms with Gasteiger partial charge in [-0.2, -0.15) is 0 Å². The minimum atomic E-state index is -0.0523. The van der Waals surface area contributed by atoms with Crippen LogP contribution in [-0.2, 0) is 11.2 Å². The molecule has 0 atom stereocenters. The average Bonchev–Trinajstić information content (AvgIpc) is 2.66. The first-order chi connectivity index (χ1) is 12.2. The van der Waals surface area contributed by atoms with Crippen LogP contribution in [-0.4, -0.2) is 23.3 Å². The number of carbonyl (C=O) groups is 2. The van der Waals surface area contributed by atoms with Gasteiger partial charge in [-0.25, -0.2) is 0 Å². The van der Waals surface area contributed by atoms with Crippen molar-refractivity contribution in [3.8, 4) is 0 Å². The van der Waals surface area contributed by atoms with Crippen molar-refractivity contribution in [3.05, 3.63) is 53.9 Å². The van der Waals surface area contributed by atoms with Gasteiger partial charge in [0.15, 0.2) is 0 Å². The summed E-state index contributed by atoms with van der Waals surface area (Å²) in [4.78, 5) is 30.6. The Morgan fingerprint density at radius 3 is 2.92 bits per heavy atom. The third-order valence-corrected chi connectivity index (χ3v) is 4.40. The van der Waals surface area contributed by atoms with Gasteiger partial charge in [-0.1, -0.05) is 19.4 Å². The maximum absolute atomic E-state index is 12.8. The van der Waals surface area contributed by atoms with Gasteiger partial charge in [0.1, 0.15) is 0 Å². The van der Waals surface area contributed by atoms with E-state index in [1.807, 2.05) is 18.2 Å². The molecule has 0 saturated carbocycles. The Bertz CT molecular complexity index is 759. The Morgan fingerprint density at radius 1 is 1.28 bits per heavy atom. The monoisotopic (exact) mass is 337 g/mol. The molecule has 1 N–H and O–H groups in total. The van der Waals surface area contributed by atoms with Crippen molar-refractivity contribution in [1.82, 2.24) is 4.98 Å². The summed E-state index contributed by atoms with van der Waals surface area (Å²) in [6, 6.07) is 9.38. The number of nitrogens with zero attached hydrogens (tertiary/aromatic N) is 2. The van der Waals surface area contributed by atoms with Crippen LogP contribution in [0.15, 0.2) is 42.7 Å². The quantitative estimate of drug-likeness (QED) is 0.902. The number of hydrogen-bond acceptors (Lipinski definition) is 3. The largest absolute Gasteiger partial charge is 0.326 e. The third kappa shape index (κ3) is 4.05. The number of unbranched alkanes of at least 4 members (excludes halogenated alkanes) is 1. The zero-order chi connectivity index (χ0) is 17.6. The summed E-state index contributed by atoms with van der Waals surface area (Å²) in [5, 5.41) is 2.94. The number of rotatable bonds is 5. The van der Waals surface area contributed by atoms with Gasteiger partial charge in [0.25, 0.3) is 5.91 Å². The zero-order valence-electron chi connectivity index (χ0n) is 14.5. The predicted octanol–water partition coefficient (Wildman–Crippen LogP) is 3.80. The number of fused-ring (bicyclic) bond motifs is 1.